The molecule has 182 valence electrons. The second kappa shape index (κ2) is 6.75. The van der Waals surface area contributed by atoms with E-state index in [0.29, 0.717) is 18.3 Å². The third-order valence-electron chi connectivity index (χ3n) is 8.81. The molecule has 7 rings (SSSR count). The number of amides is 2. The van der Waals surface area contributed by atoms with Crippen LogP contribution >= 0.6 is 0 Å². The Morgan fingerprint density at radius 1 is 1.00 bits per heavy atom. The van der Waals surface area contributed by atoms with E-state index in [1.807, 2.05) is 9.80 Å². The number of aromatic amines is 2. The Morgan fingerprint density at radius 3 is 2.26 bits per heavy atom. The first kappa shape index (κ1) is 20.8. The fourth-order valence-corrected chi connectivity index (χ4v) is 7.02. The summed E-state index contributed by atoms with van der Waals surface area (Å²) in [5.74, 6) is 3.21. The van der Waals surface area contributed by atoms with E-state index in [2.05, 4.69) is 25.4 Å². The lowest BCUT2D eigenvalue weighted by Crippen LogP contribution is -2.71. The smallest absolute Gasteiger partial charge is 0.323 e. The maximum atomic E-state index is 13.0. The van der Waals surface area contributed by atoms with Crippen LogP contribution in [0.5, 0.6) is 0 Å². The quantitative estimate of drug-likeness (QED) is 0.706. The number of hydrogen-bond donors (Lipinski definition) is 2. The van der Waals surface area contributed by atoms with Crippen LogP contribution in [0.4, 0.5) is 18.0 Å². The molecule has 2 N–H and O–H groups in total. The number of halogens is 3. The molecule has 5 aliphatic rings. The molecule has 0 atom stereocenters. The van der Waals surface area contributed by atoms with Crippen molar-refractivity contribution in [3.63, 3.8) is 0 Å². The van der Waals surface area contributed by atoms with Crippen molar-refractivity contribution in [3.05, 3.63) is 29.1 Å². The van der Waals surface area contributed by atoms with E-state index in [1.54, 1.807) is 0 Å². The van der Waals surface area contributed by atoms with Gasteiger partial charge in [0.15, 0.2) is 5.82 Å². The highest BCUT2D eigenvalue weighted by molar-refractivity contribution is 5.77. The van der Waals surface area contributed by atoms with Gasteiger partial charge in [0.1, 0.15) is 11.5 Å². The van der Waals surface area contributed by atoms with E-state index in [4.69, 9.17) is 0 Å². The average Bonchev–Trinajstić information content (AvgIpc) is 3.19. The van der Waals surface area contributed by atoms with Crippen LogP contribution < -0.4 is 0 Å². The number of H-pyrrole nitrogens is 2. The van der Waals surface area contributed by atoms with Crippen LogP contribution in [-0.2, 0) is 12.6 Å². The zero-order valence-corrected chi connectivity index (χ0v) is 18.9. The lowest BCUT2D eigenvalue weighted by atomic mass is 9.56. The van der Waals surface area contributed by atoms with E-state index < -0.39 is 11.9 Å². The molecule has 2 aliphatic heterocycles. The SMILES string of the molecule is O=C(N1CC2(CC(Cc3cn[nH]c3C(F)(F)F)C2)C1)N1CC2(CC(c3n[nH]c(C4CC4)n3)C2)C1. The standard InChI is InChI=1S/C23H28F3N7O/c24-23(25,26)17-15(8-27-29-17)3-13-4-21(5-13)9-32(10-21)20(34)33-11-22(12-33)6-16(7-22)19-28-18(30-31-19)14-1-2-14/h8,13-14,16H,1-7,9-12H2,(H,27,29)(H,28,30,31). The molecule has 0 bridgehead atoms. The van der Waals surface area contributed by atoms with Crippen molar-refractivity contribution < 1.29 is 18.0 Å². The Kier molecular flexibility index (Phi) is 4.12. The fourth-order valence-electron chi connectivity index (χ4n) is 7.02. The number of likely N-dealkylation sites (tertiary alicyclic amines) is 2. The minimum Gasteiger partial charge on any atom is -0.323 e. The van der Waals surface area contributed by atoms with Crippen LogP contribution in [0.25, 0.3) is 0 Å². The second-order valence-corrected chi connectivity index (χ2v) is 11.7. The summed E-state index contributed by atoms with van der Waals surface area (Å²) >= 11 is 0. The molecule has 2 aromatic rings. The Labute approximate surface area is 194 Å². The molecule has 2 amide bonds. The molecule has 2 aromatic heterocycles. The zero-order valence-electron chi connectivity index (χ0n) is 18.9. The maximum absolute atomic E-state index is 13.0. The monoisotopic (exact) mass is 475 g/mol. The summed E-state index contributed by atoms with van der Waals surface area (Å²) in [4.78, 5) is 21.4. The summed E-state index contributed by atoms with van der Waals surface area (Å²) in [6.07, 6.45) is 3.58. The van der Waals surface area contributed by atoms with Crippen molar-refractivity contribution in [1.29, 1.82) is 0 Å². The number of rotatable bonds is 4. The maximum Gasteiger partial charge on any atom is 0.433 e. The summed E-state index contributed by atoms with van der Waals surface area (Å²) in [6, 6.07) is 0.117. The topological polar surface area (TPSA) is 93.8 Å². The molecule has 8 nitrogen and oxygen atoms in total. The van der Waals surface area contributed by atoms with Gasteiger partial charge in [-0.15, -0.1) is 0 Å². The van der Waals surface area contributed by atoms with Gasteiger partial charge in [0, 0.05) is 54.4 Å². The van der Waals surface area contributed by atoms with Crippen molar-refractivity contribution in [2.24, 2.45) is 16.7 Å². The van der Waals surface area contributed by atoms with Crippen LogP contribution in [0, 0.1) is 16.7 Å². The molecule has 0 unspecified atom stereocenters. The highest BCUT2D eigenvalue weighted by Gasteiger charge is 2.59. The van der Waals surface area contributed by atoms with Gasteiger partial charge in [-0.1, -0.05) is 0 Å². The van der Waals surface area contributed by atoms with Gasteiger partial charge < -0.3 is 9.80 Å². The Hall–Kier alpha value is -2.59. The third kappa shape index (κ3) is 3.25. The highest BCUT2D eigenvalue weighted by Crippen LogP contribution is 2.57. The summed E-state index contributed by atoms with van der Waals surface area (Å²) in [7, 11) is 0. The first-order valence-electron chi connectivity index (χ1n) is 12.3. The molecule has 2 saturated heterocycles. The average molecular weight is 476 g/mol. The van der Waals surface area contributed by atoms with Gasteiger partial charge in [0.05, 0.1) is 6.20 Å². The summed E-state index contributed by atoms with van der Waals surface area (Å²) in [5.41, 5.74) is -0.128. The number of aromatic nitrogens is 5. The van der Waals surface area contributed by atoms with Gasteiger partial charge in [-0.3, -0.25) is 10.2 Å². The fraction of sp³-hybridized carbons (Fsp3) is 0.739. The van der Waals surface area contributed by atoms with E-state index in [1.165, 1.54) is 19.0 Å². The van der Waals surface area contributed by atoms with Gasteiger partial charge in [0.2, 0.25) is 0 Å². The number of hydrogen-bond acceptors (Lipinski definition) is 4. The van der Waals surface area contributed by atoms with Gasteiger partial charge in [-0.05, 0) is 50.9 Å². The largest absolute Gasteiger partial charge is 0.433 e. The van der Waals surface area contributed by atoms with E-state index in [0.717, 1.165) is 63.5 Å². The summed E-state index contributed by atoms with van der Waals surface area (Å²) in [5, 5.41) is 13.2. The minimum absolute atomic E-state index is 0.109. The molecule has 3 aliphatic carbocycles. The van der Waals surface area contributed by atoms with Crippen LogP contribution in [0.1, 0.15) is 73.3 Å². The molecule has 0 radical (unpaired) electrons. The van der Waals surface area contributed by atoms with Crippen LogP contribution in [0.15, 0.2) is 6.20 Å². The molecule has 34 heavy (non-hydrogen) atoms. The van der Waals surface area contributed by atoms with E-state index in [9.17, 15) is 18.0 Å². The molecule has 2 spiro atoms. The number of carbonyl (C=O) groups is 1. The first-order chi connectivity index (χ1) is 16.2. The third-order valence-corrected chi connectivity index (χ3v) is 8.81. The van der Waals surface area contributed by atoms with Crippen LogP contribution in [0.3, 0.4) is 0 Å². The van der Waals surface area contributed by atoms with Gasteiger partial charge in [0.25, 0.3) is 0 Å². The molecule has 4 heterocycles. The van der Waals surface area contributed by atoms with Gasteiger partial charge in [-0.25, -0.2) is 9.78 Å². The lowest BCUT2D eigenvalue weighted by molar-refractivity contribution is -0.142. The van der Waals surface area contributed by atoms with E-state index in [-0.39, 0.29) is 28.3 Å². The van der Waals surface area contributed by atoms with Gasteiger partial charge >= 0.3 is 12.2 Å². The minimum atomic E-state index is -4.39. The molecule has 11 heteroatoms. The number of carbonyl (C=O) groups excluding carboxylic acids is 1. The van der Waals surface area contributed by atoms with Crippen molar-refractivity contribution in [2.45, 2.75) is 63.0 Å². The number of nitrogens with zero attached hydrogens (tertiary/aromatic N) is 5. The molecule has 5 fully saturated rings. The highest BCUT2D eigenvalue weighted by atomic mass is 19.4. The van der Waals surface area contributed by atoms with Crippen molar-refractivity contribution in [2.75, 3.05) is 26.2 Å². The normalized spacial score (nSPS) is 25.7. The number of nitrogens with one attached hydrogen (secondary N) is 2. The Morgan fingerprint density at radius 2 is 1.65 bits per heavy atom. The Balaban J connectivity index is 0.856. The molecule has 3 saturated carbocycles. The van der Waals surface area contributed by atoms with E-state index >= 15 is 0 Å². The first-order valence-corrected chi connectivity index (χ1v) is 12.3. The predicted octanol–water partition coefficient (Wildman–Crippen LogP) is 3.68. The van der Waals surface area contributed by atoms with Gasteiger partial charge in [-0.2, -0.15) is 23.4 Å². The predicted molar refractivity (Wildman–Crippen MR) is 114 cm³/mol. The zero-order chi connectivity index (χ0) is 23.3. The number of urea groups is 1. The second-order valence-electron chi connectivity index (χ2n) is 11.7. The Bertz CT molecular complexity index is 1110. The van der Waals surface area contributed by atoms with Crippen molar-refractivity contribution in [3.8, 4) is 0 Å². The molecular formula is C23H28F3N7O. The number of alkyl halides is 3. The van der Waals surface area contributed by atoms with Crippen molar-refractivity contribution >= 4 is 6.03 Å². The lowest BCUT2D eigenvalue weighted by Gasteiger charge is -2.63. The molecule has 0 aromatic carbocycles. The van der Waals surface area contributed by atoms with Crippen LogP contribution in [0.2, 0.25) is 0 Å². The summed E-state index contributed by atoms with van der Waals surface area (Å²) in [6.45, 7) is 3.09. The van der Waals surface area contributed by atoms with Crippen molar-refractivity contribution in [1.82, 2.24) is 35.2 Å². The van der Waals surface area contributed by atoms with Crippen LogP contribution in [-0.4, -0.2) is 67.4 Å². The molecular weight excluding hydrogens is 447 g/mol. The summed E-state index contributed by atoms with van der Waals surface area (Å²) < 4.78 is 39.1.